The minimum atomic E-state index is -3.40. The zero-order valence-corrected chi connectivity index (χ0v) is 39.9. The molecule has 4 nitrogen and oxygen atoms in total. The number of hydrogen-bond acceptors (Lipinski definition) is 3. The summed E-state index contributed by atoms with van der Waals surface area (Å²) in [6.45, 7) is -6.28. The summed E-state index contributed by atoms with van der Waals surface area (Å²) in [5.41, 5.74) is 7.99. The molecule has 2 heterocycles. The molecule has 1 N–H and O–H groups in total. The smallest absolute Gasteiger partial charge is 0.148 e. The quantitative estimate of drug-likeness (QED) is 0.154. The molecule has 0 unspecified atom stereocenters. The minimum Gasteiger partial charge on any atom is -0.507 e. The van der Waals surface area contributed by atoms with Gasteiger partial charge in [-0.25, -0.2) is 4.98 Å². The van der Waals surface area contributed by atoms with Crippen LogP contribution in [0.25, 0.3) is 95.0 Å². The molecule has 0 radical (unpaired) electrons. The van der Waals surface area contributed by atoms with Crippen LogP contribution in [0.15, 0.2) is 194 Å². The van der Waals surface area contributed by atoms with Crippen LogP contribution in [-0.2, 0) is 31.9 Å². The molecule has 0 atom stereocenters. The van der Waals surface area contributed by atoms with Crippen molar-refractivity contribution in [3.8, 4) is 89.7 Å². The number of phenols is 1. The van der Waals surface area contributed by atoms with E-state index < -0.39 is 32.8 Å². The van der Waals surface area contributed by atoms with E-state index in [0.717, 1.165) is 22.3 Å². The summed E-state index contributed by atoms with van der Waals surface area (Å²) in [5, 5.41) is 11.7. The summed E-state index contributed by atoms with van der Waals surface area (Å²) >= 11 is 0. The molecule has 2 aromatic heterocycles. The Labute approximate surface area is 432 Å². The summed E-state index contributed by atoms with van der Waals surface area (Å²) < 4.78 is 103. The molecule has 0 spiro atoms. The molecule has 0 bridgehead atoms. The minimum absolute atomic E-state index is 0. The molecule has 338 valence electrons. The van der Waals surface area contributed by atoms with Gasteiger partial charge in [0, 0.05) is 55.0 Å². The Kier molecular flexibility index (Phi) is 9.08. The first-order valence-corrected chi connectivity index (χ1v) is 22.1. The monoisotopic (exact) mass is 1080 g/mol. The third kappa shape index (κ3) is 9.02. The van der Waals surface area contributed by atoms with E-state index >= 15 is 0 Å². The maximum atomic E-state index is 11.7. The predicted octanol–water partition coefficient (Wildman–Crippen LogP) is 16.5. The van der Waals surface area contributed by atoms with E-state index in [-0.39, 0.29) is 43.4 Å². The molecule has 0 aliphatic carbocycles. The van der Waals surface area contributed by atoms with Gasteiger partial charge in [-0.15, -0.1) is 23.8 Å². The summed E-state index contributed by atoms with van der Waals surface area (Å²) in [6, 6.07) is 60.8. The van der Waals surface area contributed by atoms with Gasteiger partial charge in [0.05, 0.1) is 22.3 Å². The Hall–Kier alpha value is -7.13. The average molecular weight is 1080 g/mol. The number of imidazole rings is 1. The Morgan fingerprint density at radius 1 is 0.515 bits per heavy atom. The van der Waals surface area contributed by atoms with Gasteiger partial charge in [0.25, 0.3) is 0 Å². The average Bonchev–Trinajstić information content (AvgIpc) is 3.80. The first-order chi connectivity index (χ1) is 37.3. The Balaban J connectivity index is 0.00000774. The first kappa shape index (κ1) is 33.4. The third-order valence-corrected chi connectivity index (χ3v) is 12.3. The van der Waals surface area contributed by atoms with Gasteiger partial charge < -0.3 is 5.11 Å². The second kappa shape index (κ2) is 18.5. The summed E-state index contributed by atoms with van der Waals surface area (Å²) in [5.74, 6) is 0.396. The second-order valence-electron chi connectivity index (χ2n) is 17.9. The van der Waals surface area contributed by atoms with Gasteiger partial charge in [0.15, 0.2) is 0 Å². The molecule has 0 fully saturated rings. The van der Waals surface area contributed by atoms with Crippen molar-refractivity contribution < 1.29 is 42.6 Å². The molecule has 0 aliphatic rings. The van der Waals surface area contributed by atoms with Crippen LogP contribution in [0.2, 0.25) is 0 Å². The molecule has 68 heavy (non-hydrogen) atoms. The van der Waals surface area contributed by atoms with E-state index in [2.05, 4.69) is 39.0 Å². The number of benzene rings is 8. The van der Waals surface area contributed by atoms with Crippen molar-refractivity contribution in [2.45, 2.75) is 59.0 Å². The molecule has 0 aliphatic heterocycles. The molecule has 0 saturated heterocycles. The van der Waals surface area contributed by atoms with Crippen LogP contribution in [0.4, 0.5) is 0 Å². The SMILES string of the molecule is [2H]C([2H])([2H])c1cc(-c2ccc(C(C)(C)C)cc2)c(-n2c(-c3ccccc3O)nc3c(-c4[c-]c(-c5cc(-c6ccc(C(C([2H])([2H])[2H])(C([2H])([2H])[2H])C([2H])([2H])[2H])cc6)ccn5)cc(-c5ccccc5)c4)cccc32)cc1-c1ccccc1.[Pt]. The van der Waals surface area contributed by atoms with Gasteiger partial charge in [-0.05, 0) is 104 Å². The maximum absolute atomic E-state index is 11.7. The number of nitrogens with zero attached hydrogens (tertiary/aromatic N) is 3. The van der Waals surface area contributed by atoms with E-state index in [1.807, 2.05) is 126 Å². The Morgan fingerprint density at radius 3 is 1.79 bits per heavy atom. The van der Waals surface area contributed by atoms with Crippen molar-refractivity contribution in [2.75, 3.05) is 0 Å². The number of phenolic OH excluding ortho intramolecular Hbond substituents is 1. The number of aromatic hydroxyl groups is 1. The fraction of sp³-hybridized carbons (Fsp3) is 0.143. The Morgan fingerprint density at radius 2 is 1.12 bits per heavy atom. The largest absolute Gasteiger partial charge is 0.507 e. The van der Waals surface area contributed by atoms with Crippen molar-refractivity contribution in [3.05, 3.63) is 217 Å². The molecule has 10 rings (SSSR count). The first-order valence-electron chi connectivity index (χ1n) is 28.1. The van der Waals surface area contributed by atoms with E-state index in [1.165, 1.54) is 24.3 Å². The Bertz CT molecular complexity index is 3850. The van der Waals surface area contributed by atoms with Crippen molar-refractivity contribution in [1.29, 1.82) is 0 Å². The van der Waals surface area contributed by atoms with Gasteiger partial charge in [-0.1, -0.05) is 198 Å². The number of aromatic nitrogens is 3. The topological polar surface area (TPSA) is 50.9 Å². The van der Waals surface area contributed by atoms with Crippen molar-refractivity contribution >= 4 is 11.0 Å². The third-order valence-electron chi connectivity index (χ3n) is 12.3. The van der Waals surface area contributed by atoms with Gasteiger partial charge in [0.1, 0.15) is 11.6 Å². The molecular formula is C63H54N3OPt-. The summed E-state index contributed by atoms with van der Waals surface area (Å²) in [4.78, 5) is 10.2. The number of fused-ring (bicyclic) bond motifs is 1. The van der Waals surface area contributed by atoms with E-state index in [9.17, 15) is 5.11 Å². The van der Waals surface area contributed by atoms with Gasteiger partial charge in [-0.2, -0.15) is 0 Å². The van der Waals surface area contributed by atoms with Crippen LogP contribution >= 0.6 is 0 Å². The molecule has 8 aromatic carbocycles. The van der Waals surface area contributed by atoms with Crippen LogP contribution in [0.1, 0.15) is 74.5 Å². The van der Waals surface area contributed by atoms with Crippen LogP contribution in [-0.4, -0.2) is 19.6 Å². The summed E-state index contributed by atoms with van der Waals surface area (Å²) in [6.07, 6.45) is 1.62. The van der Waals surface area contributed by atoms with Crippen molar-refractivity contribution in [2.24, 2.45) is 0 Å². The van der Waals surface area contributed by atoms with Crippen LogP contribution in [0.5, 0.6) is 5.75 Å². The standard InChI is InChI=1S/C63H54N3O.Pt/c1-41-35-55(45-27-31-51(32-28-45)63(5,6)7)58(40-54(41)44-19-12-9-13-20-44)66-57-23-16-22-52(60(57)65-61(66)53-21-14-15-24-59(53)67)48-36-47(42-17-10-8-11-18-42)37-49(38-48)56-39-46(33-34-64-56)43-25-29-50(30-26-43)62(2,3)4;/h8-37,39-40,67H,1-7H3;/q-1;/i1D3,2D3,3D3,4D3;. The van der Waals surface area contributed by atoms with Crippen LogP contribution in [0, 0.1) is 12.9 Å². The maximum Gasteiger partial charge on any atom is 0.148 e. The molecule has 0 saturated carbocycles. The van der Waals surface area contributed by atoms with E-state index in [4.69, 9.17) is 26.4 Å². The number of pyridine rings is 1. The summed E-state index contributed by atoms with van der Waals surface area (Å²) in [7, 11) is 0. The van der Waals surface area contributed by atoms with Gasteiger partial charge in [-0.3, -0.25) is 9.55 Å². The number of aryl methyl sites for hydroxylation is 1. The van der Waals surface area contributed by atoms with Crippen LogP contribution < -0.4 is 0 Å². The number of para-hydroxylation sites is 2. The molecule has 10 aromatic rings. The number of rotatable bonds is 8. The zero-order chi connectivity index (χ0) is 56.5. The predicted molar refractivity (Wildman–Crippen MR) is 280 cm³/mol. The van der Waals surface area contributed by atoms with Gasteiger partial charge >= 0.3 is 0 Å². The van der Waals surface area contributed by atoms with E-state index in [0.29, 0.717) is 78.3 Å². The van der Waals surface area contributed by atoms with Crippen molar-refractivity contribution in [1.82, 2.24) is 14.5 Å². The fourth-order valence-electron chi connectivity index (χ4n) is 8.73. The normalized spacial score (nSPS) is 15.0. The van der Waals surface area contributed by atoms with Crippen LogP contribution in [0.3, 0.4) is 0 Å². The zero-order valence-electron chi connectivity index (χ0n) is 49.6. The number of hydrogen-bond donors (Lipinski definition) is 1. The molecular weight excluding hydrogens is 1010 g/mol. The van der Waals surface area contributed by atoms with Crippen molar-refractivity contribution in [3.63, 3.8) is 0 Å². The fourth-order valence-corrected chi connectivity index (χ4v) is 8.73. The van der Waals surface area contributed by atoms with Gasteiger partial charge in [0.2, 0.25) is 0 Å². The second-order valence-corrected chi connectivity index (χ2v) is 17.9. The molecule has 5 heteroatoms. The van der Waals surface area contributed by atoms with E-state index in [1.54, 1.807) is 36.5 Å². The molecule has 0 amide bonds.